The highest BCUT2D eigenvalue weighted by atomic mass is 16.6. The van der Waals surface area contributed by atoms with Crippen LogP contribution in [0.5, 0.6) is 0 Å². The number of nitrogens with zero attached hydrogens (tertiary/aromatic N) is 2. The first-order valence-corrected chi connectivity index (χ1v) is 32.4. The molecule has 0 bridgehead atoms. The Labute approximate surface area is 549 Å². The number of hydrogen-bond acceptors (Lipinski definition) is 18. The van der Waals surface area contributed by atoms with Crippen molar-refractivity contribution in [1.82, 2.24) is 73.6 Å². The largest absolute Gasteiger partial charge is 0.445 e. The van der Waals surface area contributed by atoms with E-state index in [4.69, 9.17) is 18.9 Å². The maximum absolute atomic E-state index is 14.6. The normalized spacial score (nSPS) is 22.7. The van der Waals surface area contributed by atoms with Crippen LogP contribution in [-0.2, 0) is 66.9 Å². The summed E-state index contributed by atoms with van der Waals surface area (Å²) in [5.41, 5.74) is -1.53. The van der Waals surface area contributed by atoms with Crippen molar-refractivity contribution in [3.8, 4) is 0 Å². The molecule has 0 aliphatic carbocycles. The SMILES string of the molecule is C=CCOC(=O)NCCCC[C@@H]1NC(=O)CNC(=O)[C@@H]2CCCN2C(=O)[C@H](CCCCNC(=O)OC(C)(C)C)NC(=O)[C@H](C)NC(=O)[C@H](CCCCNC(=O)OCC=C)NC(=O)CNC(=O)[C@@H]2CCCN2C(=O)[C@H](CCCCNC(=O)OC(C)(C)C)NC(=O)[C@H](C)NC1=O. The Hall–Kier alpha value is -8.74. The van der Waals surface area contributed by atoms with Gasteiger partial charge in [0.05, 0.1) is 13.1 Å². The monoisotopic (exact) mass is 1330 g/mol. The molecule has 0 saturated carbocycles. The summed E-state index contributed by atoms with van der Waals surface area (Å²) in [4.78, 5) is 193. The minimum atomic E-state index is -1.35. The van der Waals surface area contributed by atoms with Gasteiger partial charge in [-0.05, 0) is 158 Å². The van der Waals surface area contributed by atoms with Crippen molar-refractivity contribution in [2.75, 3.05) is 65.6 Å². The van der Waals surface area contributed by atoms with Gasteiger partial charge in [-0.1, -0.05) is 25.3 Å². The second-order valence-corrected chi connectivity index (χ2v) is 25.1. The first-order valence-electron chi connectivity index (χ1n) is 32.4. The highest BCUT2D eigenvalue weighted by molar-refractivity contribution is 5.99. The number of amides is 14. The third-order valence-electron chi connectivity index (χ3n) is 14.8. The second kappa shape index (κ2) is 41.1. The molecule has 3 aliphatic rings. The molecule has 0 aromatic rings. The minimum absolute atomic E-state index is 0.00274. The average Bonchev–Trinajstić information content (AvgIpc) is 1.83. The molecule has 3 aliphatic heterocycles. The van der Waals surface area contributed by atoms with Gasteiger partial charge in [-0.3, -0.25) is 47.9 Å². The molecule has 3 saturated heterocycles. The van der Waals surface area contributed by atoms with Crippen molar-refractivity contribution in [2.24, 2.45) is 0 Å². The molecule has 0 aromatic heterocycles. The van der Waals surface area contributed by atoms with Gasteiger partial charge < -0.3 is 92.5 Å². The Balaban J connectivity index is 2.02. The maximum atomic E-state index is 14.6. The summed E-state index contributed by atoms with van der Waals surface area (Å²) in [7, 11) is 0. The Morgan fingerprint density at radius 1 is 0.447 bits per heavy atom. The first kappa shape index (κ1) is 79.5. The van der Waals surface area contributed by atoms with Crippen LogP contribution in [0.4, 0.5) is 19.2 Å². The van der Waals surface area contributed by atoms with Gasteiger partial charge in [0.1, 0.15) is 72.8 Å². The number of ether oxygens (including phenoxy) is 4. The molecule has 3 fully saturated rings. The van der Waals surface area contributed by atoms with E-state index >= 15 is 0 Å². The van der Waals surface area contributed by atoms with Gasteiger partial charge in [-0.15, -0.1) is 0 Å². The van der Waals surface area contributed by atoms with Crippen LogP contribution >= 0.6 is 0 Å². The number of carbonyl (C=O) groups is 14. The Morgan fingerprint density at radius 2 is 0.766 bits per heavy atom. The topological polar surface area (TPSA) is 427 Å². The van der Waals surface area contributed by atoms with Crippen LogP contribution in [0.25, 0.3) is 0 Å². The van der Waals surface area contributed by atoms with E-state index in [0.717, 1.165) is 0 Å². The van der Waals surface area contributed by atoms with Gasteiger partial charge >= 0.3 is 24.4 Å². The van der Waals surface area contributed by atoms with Crippen LogP contribution in [0.1, 0.15) is 158 Å². The maximum Gasteiger partial charge on any atom is 0.407 e. The second-order valence-electron chi connectivity index (χ2n) is 25.1. The summed E-state index contributed by atoms with van der Waals surface area (Å²) in [5.74, 6) is -7.73. The van der Waals surface area contributed by atoms with Gasteiger partial charge in [0.25, 0.3) is 0 Å². The number of carbonyl (C=O) groups excluding carboxylic acids is 14. The van der Waals surface area contributed by atoms with Crippen LogP contribution in [0.15, 0.2) is 25.3 Å². The van der Waals surface area contributed by atoms with E-state index in [9.17, 15) is 67.1 Å². The molecule has 94 heavy (non-hydrogen) atoms. The molecule has 12 N–H and O–H groups in total. The predicted molar refractivity (Wildman–Crippen MR) is 341 cm³/mol. The van der Waals surface area contributed by atoms with Gasteiger partial charge in [0.15, 0.2) is 0 Å². The van der Waals surface area contributed by atoms with Crippen molar-refractivity contribution in [3.63, 3.8) is 0 Å². The Bertz CT molecular complexity index is 2460. The third kappa shape index (κ3) is 30.8. The summed E-state index contributed by atoms with van der Waals surface area (Å²) in [6.45, 7) is 19.2. The molecule has 3 rings (SSSR count). The smallest absolute Gasteiger partial charge is 0.407 e. The standard InChI is InChI=1S/C62H102N14O18/c1-11-35-91-57(87)63-29-17-13-23-41-51(81)69-39(3)49(79)73-43(25-15-19-31-65-59(89)93-61(5,6)7)55(85)76-34-22-28-46(76)54(84)68-38-48(78)72-42(24-14-18-30-64-58(88)92-36-12-2)52(82)70-40(4)50(80)74-44(26-16-20-32-66-60(90)94-62(8,9)10)56(86)75-33-21-27-45(75)53(83)67-37-47(77)71-41/h11-12,39-46H,1-2,13-38H2,3-10H3,(H,63,87)(H,64,88)(H,65,89)(H,66,90)(H,67,83)(H,68,84)(H,69,81)(H,70,82)(H,71,77)(H,72,78)(H,73,79)(H,74,80)/t39-,40-,41-,42-,43-,44-,45-,46-/m0/s1. The Kier molecular flexibility index (Phi) is 34.7. The van der Waals surface area contributed by atoms with Gasteiger partial charge in [-0.2, -0.15) is 0 Å². The molecule has 32 heteroatoms. The predicted octanol–water partition coefficient (Wildman–Crippen LogP) is 0.718. The Morgan fingerprint density at radius 3 is 1.09 bits per heavy atom. The van der Waals surface area contributed by atoms with Gasteiger partial charge in [0.2, 0.25) is 59.1 Å². The lowest BCUT2D eigenvalue weighted by molar-refractivity contribution is -0.142. The molecule has 3 heterocycles. The lowest BCUT2D eigenvalue weighted by Crippen LogP contribution is -2.59. The zero-order chi connectivity index (χ0) is 70.0. The van der Waals surface area contributed by atoms with E-state index in [-0.39, 0.29) is 117 Å². The van der Waals surface area contributed by atoms with E-state index in [2.05, 4.69) is 77.0 Å². The van der Waals surface area contributed by atoms with Crippen molar-refractivity contribution in [3.05, 3.63) is 25.3 Å². The third-order valence-corrected chi connectivity index (χ3v) is 14.8. The van der Waals surface area contributed by atoms with E-state index in [0.29, 0.717) is 38.5 Å². The number of fused-ring (bicyclic) bond motifs is 2. The number of rotatable bonds is 24. The fourth-order valence-corrected chi connectivity index (χ4v) is 10.1. The van der Waals surface area contributed by atoms with Crippen LogP contribution in [0.3, 0.4) is 0 Å². The van der Waals surface area contributed by atoms with Crippen molar-refractivity contribution >= 4 is 83.4 Å². The summed E-state index contributed by atoms with van der Waals surface area (Å²) in [6.07, 6.45) is 3.24. The lowest BCUT2D eigenvalue weighted by Gasteiger charge is -2.30. The zero-order valence-electron chi connectivity index (χ0n) is 55.8. The van der Waals surface area contributed by atoms with E-state index < -0.39 is 156 Å². The van der Waals surface area contributed by atoms with Crippen molar-refractivity contribution < 1.29 is 86.1 Å². The van der Waals surface area contributed by atoms with E-state index in [1.807, 2.05) is 0 Å². The van der Waals surface area contributed by atoms with Gasteiger partial charge in [-0.25, -0.2) is 19.2 Å². The number of alkyl carbamates (subject to hydrolysis) is 4. The molecule has 0 spiro atoms. The molecule has 8 atom stereocenters. The zero-order valence-corrected chi connectivity index (χ0v) is 55.8. The number of nitrogens with one attached hydrogen (secondary N) is 12. The molecule has 0 unspecified atom stereocenters. The fraction of sp³-hybridized carbons (Fsp3) is 0.710. The van der Waals surface area contributed by atoms with Crippen LogP contribution in [0.2, 0.25) is 0 Å². The highest BCUT2D eigenvalue weighted by Gasteiger charge is 2.41. The van der Waals surface area contributed by atoms with Crippen molar-refractivity contribution in [1.29, 1.82) is 0 Å². The number of unbranched alkanes of at least 4 members (excludes halogenated alkanes) is 4. The molecule has 14 amide bonds. The molecule has 0 aromatic carbocycles. The van der Waals surface area contributed by atoms with E-state index in [1.165, 1.54) is 35.8 Å². The van der Waals surface area contributed by atoms with Crippen molar-refractivity contribution in [2.45, 2.75) is 218 Å². The van der Waals surface area contributed by atoms with Crippen LogP contribution < -0.4 is 63.8 Å². The quantitative estimate of drug-likeness (QED) is 0.0360. The summed E-state index contributed by atoms with van der Waals surface area (Å²) >= 11 is 0. The van der Waals surface area contributed by atoms with Crippen LogP contribution in [-0.4, -0.2) is 218 Å². The molecule has 528 valence electrons. The molecular formula is C62H102N14O18. The fourth-order valence-electron chi connectivity index (χ4n) is 10.1. The van der Waals surface area contributed by atoms with E-state index in [1.54, 1.807) is 41.5 Å². The first-order chi connectivity index (χ1) is 44.4. The average molecular weight is 1330 g/mol. The van der Waals surface area contributed by atoms with Crippen LogP contribution in [0, 0.1) is 0 Å². The summed E-state index contributed by atoms with van der Waals surface area (Å²) in [5, 5.41) is 31.4. The summed E-state index contributed by atoms with van der Waals surface area (Å²) < 4.78 is 20.5. The highest BCUT2D eigenvalue weighted by Crippen LogP contribution is 2.22. The van der Waals surface area contributed by atoms with Gasteiger partial charge in [0, 0.05) is 39.3 Å². The molecular weight excluding hydrogens is 1230 g/mol. The number of hydrogen-bond donors (Lipinski definition) is 12. The minimum Gasteiger partial charge on any atom is -0.445 e. The molecule has 0 radical (unpaired) electrons. The molecule has 32 nitrogen and oxygen atoms in total. The lowest BCUT2D eigenvalue weighted by atomic mass is 10.1. The summed E-state index contributed by atoms with van der Waals surface area (Å²) in [6, 6.07) is -10.2.